The van der Waals surface area contributed by atoms with Gasteiger partial charge in [0.2, 0.25) is 0 Å². The number of rotatable bonds is 2. The van der Waals surface area contributed by atoms with E-state index in [1.165, 1.54) is 35.4 Å². The number of hydrogen-bond acceptors (Lipinski definition) is 4. The van der Waals surface area contributed by atoms with Crippen LogP contribution in [0.2, 0.25) is 0 Å². The van der Waals surface area contributed by atoms with Crippen molar-refractivity contribution in [3.05, 3.63) is 68.5 Å². The second-order valence-electron chi connectivity index (χ2n) is 6.87. The number of para-hydroxylation sites is 2. The van der Waals surface area contributed by atoms with Gasteiger partial charge in [-0.2, -0.15) is 0 Å². The summed E-state index contributed by atoms with van der Waals surface area (Å²) in [5.41, 5.74) is 5.34. The first-order valence-electron chi connectivity index (χ1n) is 8.98. The van der Waals surface area contributed by atoms with Crippen LogP contribution >= 0.6 is 11.3 Å². The molecular formula is C21H19N3OS. The van der Waals surface area contributed by atoms with Gasteiger partial charge >= 0.3 is 0 Å². The molecule has 1 fully saturated rings. The maximum atomic E-state index is 12.9. The van der Waals surface area contributed by atoms with Gasteiger partial charge in [0.05, 0.1) is 15.6 Å². The molecule has 0 amide bonds. The summed E-state index contributed by atoms with van der Waals surface area (Å²) in [6.07, 6.45) is 4.55. The average Bonchev–Trinajstić information content (AvgIpc) is 3.35. The quantitative estimate of drug-likeness (QED) is 0.549. The molecule has 0 saturated carbocycles. The van der Waals surface area contributed by atoms with Crippen molar-refractivity contribution in [1.29, 1.82) is 0 Å². The lowest BCUT2D eigenvalue weighted by Crippen LogP contribution is -2.22. The lowest BCUT2D eigenvalue weighted by atomic mass is 10.1. The number of nitrogens with zero attached hydrogens (tertiary/aromatic N) is 3. The lowest BCUT2D eigenvalue weighted by Gasteiger charge is -2.18. The van der Waals surface area contributed by atoms with Crippen molar-refractivity contribution in [3.63, 3.8) is 0 Å². The van der Waals surface area contributed by atoms with Crippen molar-refractivity contribution in [1.82, 2.24) is 9.38 Å². The van der Waals surface area contributed by atoms with Crippen molar-refractivity contribution >= 4 is 39.1 Å². The van der Waals surface area contributed by atoms with Crippen molar-refractivity contribution in [2.45, 2.75) is 19.8 Å². The summed E-state index contributed by atoms with van der Waals surface area (Å²) >= 11 is 1.46. The van der Waals surface area contributed by atoms with E-state index in [2.05, 4.69) is 35.0 Å². The van der Waals surface area contributed by atoms with E-state index in [0.29, 0.717) is 0 Å². The summed E-state index contributed by atoms with van der Waals surface area (Å²) in [4.78, 5) is 20.7. The van der Waals surface area contributed by atoms with Gasteiger partial charge in [0, 0.05) is 18.8 Å². The van der Waals surface area contributed by atoms with Crippen LogP contribution in [0, 0.1) is 6.92 Å². The van der Waals surface area contributed by atoms with Gasteiger partial charge in [0.25, 0.3) is 5.56 Å². The third-order valence-corrected chi connectivity index (χ3v) is 6.13. The molecule has 0 unspecified atom stereocenters. The summed E-state index contributed by atoms with van der Waals surface area (Å²) in [5, 5.41) is 0. The zero-order chi connectivity index (χ0) is 17.7. The fourth-order valence-electron chi connectivity index (χ4n) is 3.75. The molecule has 130 valence electrons. The number of anilines is 1. The molecule has 5 rings (SSSR count). The molecule has 0 spiro atoms. The summed E-state index contributed by atoms with van der Waals surface area (Å²) in [6, 6.07) is 14.3. The second kappa shape index (κ2) is 5.95. The number of aryl methyl sites for hydroxylation is 1. The molecule has 26 heavy (non-hydrogen) atoms. The zero-order valence-electron chi connectivity index (χ0n) is 14.6. The number of benzene rings is 2. The standard InChI is InChI=1S/C21H19N3OS/c1-14-12-16(23-10-4-5-11-23)9-8-15(14)13-19-20(25)24-18-7-3-2-6-17(18)22-21(24)26-19/h2-3,6-9,12-13H,4-5,10-11H2,1H3/b19-13+. The molecule has 1 aliphatic heterocycles. The minimum Gasteiger partial charge on any atom is -0.372 e. The van der Waals surface area contributed by atoms with E-state index in [-0.39, 0.29) is 5.56 Å². The Balaban J connectivity index is 1.62. The van der Waals surface area contributed by atoms with Crippen LogP contribution < -0.4 is 15.0 Å². The molecule has 0 atom stereocenters. The molecule has 1 saturated heterocycles. The molecule has 2 aromatic heterocycles. The largest absolute Gasteiger partial charge is 0.372 e. The summed E-state index contributed by atoms with van der Waals surface area (Å²) in [6.45, 7) is 4.40. The fraction of sp³-hybridized carbons (Fsp3) is 0.238. The van der Waals surface area contributed by atoms with Crippen LogP contribution in [0.4, 0.5) is 5.69 Å². The third kappa shape index (κ3) is 2.42. The Morgan fingerprint density at radius 2 is 1.92 bits per heavy atom. The number of hydrogen-bond donors (Lipinski definition) is 0. The van der Waals surface area contributed by atoms with Gasteiger partial charge in [-0.15, -0.1) is 0 Å². The highest BCUT2D eigenvalue weighted by Gasteiger charge is 2.13. The van der Waals surface area contributed by atoms with E-state index < -0.39 is 0 Å². The molecule has 1 aliphatic rings. The number of thiazole rings is 1. The van der Waals surface area contributed by atoms with E-state index in [0.717, 1.165) is 39.2 Å². The maximum absolute atomic E-state index is 12.9. The van der Waals surface area contributed by atoms with Gasteiger partial charge < -0.3 is 4.90 Å². The molecule has 0 N–H and O–H groups in total. The Bertz CT molecular complexity index is 1230. The first kappa shape index (κ1) is 15.6. The molecular weight excluding hydrogens is 342 g/mol. The number of imidazole rings is 1. The smallest absolute Gasteiger partial charge is 0.274 e. The van der Waals surface area contributed by atoms with E-state index in [9.17, 15) is 4.79 Å². The van der Waals surface area contributed by atoms with Crippen molar-refractivity contribution in [3.8, 4) is 0 Å². The van der Waals surface area contributed by atoms with Gasteiger partial charge in [0.15, 0.2) is 4.96 Å². The van der Waals surface area contributed by atoms with Crippen LogP contribution in [0.15, 0.2) is 47.3 Å². The molecule has 3 heterocycles. The Morgan fingerprint density at radius 1 is 1.12 bits per heavy atom. The zero-order valence-corrected chi connectivity index (χ0v) is 15.4. The highest BCUT2D eigenvalue weighted by molar-refractivity contribution is 7.15. The van der Waals surface area contributed by atoms with Crippen molar-refractivity contribution < 1.29 is 0 Å². The van der Waals surface area contributed by atoms with Gasteiger partial charge in [-0.05, 0) is 61.2 Å². The Hall–Kier alpha value is -2.66. The Morgan fingerprint density at radius 3 is 2.73 bits per heavy atom. The van der Waals surface area contributed by atoms with E-state index in [1.807, 2.05) is 30.3 Å². The van der Waals surface area contributed by atoms with Gasteiger partial charge in [-0.3, -0.25) is 4.79 Å². The Labute approximate surface area is 155 Å². The summed E-state index contributed by atoms with van der Waals surface area (Å²) < 4.78 is 2.45. The first-order chi connectivity index (χ1) is 12.7. The molecule has 4 aromatic rings. The topological polar surface area (TPSA) is 37.6 Å². The van der Waals surface area contributed by atoms with Crippen molar-refractivity contribution in [2.75, 3.05) is 18.0 Å². The summed E-state index contributed by atoms with van der Waals surface area (Å²) in [7, 11) is 0. The normalized spacial score (nSPS) is 15.6. The second-order valence-corrected chi connectivity index (χ2v) is 7.88. The van der Waals surface area contributed by atoms with E-state index >= 15 is 0 Å². The highest BCUT2D eigenvalue weighted by atomic mass is 32.1. The molecule has 0 radical (unpaired) electrons. The van der Waals surface area contributed by atoms with E-state index in [4.69, 9.17) is 0 Å². The molecule has 4 nitrogen and oxygen atoms in total. The lowest BCUT2D eigenvalue weighted by molar-refractivity contribution is 0.949. The van der Waals surface area contributed by atoms with Crippen LogP contribution in [0.3, 0.4) is 0 Å². The van der Waals surface area contributed by atoms with Gasteiger partial charge in [-0.25, -0.2) is 9.38 Å². The monoisotopic (exact) mass is 361 g/mol. The maximum Gasteiger partial charge on any atom is 0.274 e. The van der Waals surface area contributed by atoms with Gasteiger partial charge in [-0.1, -0.05) is 29.5 Å². The minimum absolute atomic E-state index is 0.0155. The average molecular weight is 361 g/mol. The van der Waals surface area contributed by atoms with Crippen LogP contribution in [0.1, 0.15) is 24.0 Å². The predicted octanol–water partition coefficient (Wildman–Crippen LogP) is 3.37. The fourth-order valence-corrected chi connectivity index (χ4v) is 4.72. The highest BCUT2D eigenvalue weighted by Crippen LogP contribution is 2.23. The van der Waals surface area contributed by atoms with Crippen LogP contribution in [-0.4, -0.2) is 22.5 Å². The van der Waals surface area contributed by atoms with E-state index in [1.54, 1.807) is 4.40 Å². The molecule has 0 bridgehead atoms. The van der Waals surface area contributed by atoms with Crippen LogP contribution in [0.25, 0.3) is 22.1 Å². The molecule has 0 aliphatic carbocycles. The summed E-state index contributed by atoms with van der Waals surface area (Å²) in [5.74, 6) is 0. The van der Waals surface area contributed by atoms with Crippen molar-refractivity contribution in [2.24, 2.45) is 0 Å². The Kier molecular flexibility index (Phi) is 3.57. The molecule has 5 heteroatoms. The van der Waals surface area contributed by atoms with Crippen LogP contribution in [-0.2, 0) is 0 Å². The number of fused-ring (bicyclic) bond motifs is 3. The first-order valence-corrected chi connectivity index (χ1v) is 9.80. The number of aromatic nitrogens is 2. The van der Waals surface area contributed by atoms with Gasteiger partial charge in [0.1, 0.15) is 0 Å². The minimum atomic E-state index is 0.0155. The third-order valence-electron chi connectivity index (χ3n) is 5.16. The van der Waals surface area contributed by atoms with Crippen LogP contribution in [0.5, 0.6) is 0 Å². The SMILES string of the molecule is Cc1cc(N2CCCC2)ccc1/C=c1/sc2nc3ccccc3n2c1=O. The predicted molar refractivity (Wildman–Crippen MR) is 108 cm³/mol. The molecule has 2 aromatic carbocycles.